The first-order valence-corrected chi connectivity index (χ1v) is 49.5. The molecule has 9 rings (SSSR count). The number of unbranched alkanes of at least 4 members (excludes halogenated alkanes) is 2. The van der Waals surface area contributed by atoms with Crippen LogP contribution in [0.25, 0.3) is 16.5 Å². The van der Waals surface area contributed by atoms with E-state index >= 15 is 0 Å². The predicted octanol–water partition coefficient (Wildman–Crippen LogP) is 1.03. The van der Waals surface area contributed by atoms with E-state index in [-0.39, 0.29) is 109 Å². The molecule has 19 atom stereocenters. The molecule has 5 aliphatic rings. The Hall–Kier alpha value is -14.2. The van der Waals surface area contributed by atoms with Crippen LogP contribution in [0.5, 0.6) is 5.75 Å². The highest BCUT2D eigenvalue weighted by molar-refractivity contribution is 8.00. The first-order chi connectivity index (χ1) is 67.9. The number of thioether (sulfide) groups is 2. The van der Waals surface area contributed by atoms with Crippen molar-refractivity contribution in [1.29, 1.82) is 0 Å². The van der Waals surface area contributed by atoms with Gasteiger partial charge in [0.2, 0.25) is 65.0 Å². The number of carboxylic acids is 3. The first kappa shape index (κ1) is 112. The lowest BCUT2D eigenvalue weighted by Gasteiger charge is -2.36. The van der Waals surface area contributed by atoms with Crippen LogP contribution in [-0.2, 0) is 104 Å². The van der Waals surface area contributed by atoms with Gasteiger partial charge in [-0.1, -0.05) is 95.6 Å². The van der Waals surface area contributed by atoms with Gasteiger partial charge in [-0.05, 0) is 173 Å². The van der Waals surface area contributed by atoms with Crippen molar-refractivity contribution in [1.82, 2.24) is 84.7 Å². The number of nitrogens with one attached hydrogen (secondary N) is 16. The summed E-state index contributed by atoms with van der Waals surface area (Å²) in [7, 11) is 0. The van der Waals surface area contributed by atoms with E-state index in [4.69, 9.17) is 9.47 Å². The number of phenols is 1. The number of aromatic amines is 1. The molecule has 0 saturated carbocycles. The Bertz CT molecular complexity index is 5520. The smallest absolute Gasteiger partial charge is 0.329 e. The fourth-order valence-electron chi connectivity index (χ4n) is 16.6. The van der Waals surface area contributed by atoms with Crippen LogP contribution in [0.2, 0.25) is 0 Å². The van der Waals surface area contributed by atoms with Gasteiger partial charge in [0.15, 0.2) is 11.9 Å². The van der Waals surface area contributed by atoms with Crippen molar-refractivity contribution >= 4 is 152 Å². The number of esters is 1. The molecule has 44 nitrogen and oxygen atoms in total. The topological polar surface area (TPSA) is 681 Å². The van der Waals surface area contributed by atoms with Crippen molar-refractivity contribution in [2.45, 2.75) is 248 Å². The molecule has 46 heteroatoms. The van der Waals surface area contributed by atoms with E-state index in [1.165, 1.54) is 102 Å². The molecular weight excluding hydrogens is 1900 g/mol. The number of fused-ring (bicyclic) bond motifs is 4. The standard InChI is InChI=1S/C97H126N16O28S2/c1-10-63(102-82(124)49(6)100-91(133)78(47(2)3)110-92(134)79(48(4)5)109-89(131)70(43-76(122)123)106-85(127)65(33-35-75(120)121)101-74(119)25-16-11-19-53-46-143-94-81(53)112-97(139)113-94)96(138)140-51(8)83(125)103-66(36-38-142-9)86(128)108-71(45-114)90(132)105-68(39-52-26-28-55(116)29-27-52)88(130)111-80(50(7)115)93(135)107-69(40-54-44-99-64-23-15-14-20-58(54)64)87(129)104-67(95(136)137)24-17-18-37-98-84(126)60-22-13-12-21-59(60)77-61-32-30-57(118)42-73(61)141-72-34-31-56(117)41-62(72)77/h12-15,20-23,26-32,34,41-42,44,47-51,53,61,63,65-72,78-81,94,99,114-117H,10-11,16-19,24-25,33,35-40,43,45-46H2,1-9H3,(H,98,126)(H,100,133)(H,101,119)(H,102,124)(H,103,125)(H,104,129)(H,105,132)(H,106,127)(H,107,135)(H,108,128)(H,109,131)(H,110,134)(H,111,130)(H,120,121)(H,122,123)(H,136,137)(H2,112,113,139)/t49-,50+,51-,53?,61?,63-,65-,66-,67-,68-,69-,70-,71-,72?,78-,79-,80-,81?,94?/m0/s1. The minimum absolute atomic E-state index is 0.0378. The highest BCUT2D eigenvalue weighted by atomic mass is 32.2. The van der Waals surface area contributed by atoms with Gasteiger partial charge in [0.25, 0.3) is 11.8 Å². The van der Waals surface area contributed by atoms with Crippen molar-refractivity contribution in [3.63, 3.8) is 0 Å². The summed E-state index contributed by atoms with van der Waals surface area (Å²) < 4.78 is 11.6. The second kappa shape index (κ2) is 53.6. The van der Waals surface area contributed by atoms with Crippen LogP contribution in [0.3, 0.4) is 0 Å². The molecule has 23 N–H and O–H groups in total. The fraction of sp³-hybridized carbons (Fsp3) is 0.495. The number of aliphatic hydroxyl groups is 3. The van der Waals surface area contributed by atoms with Crippen LogP contribution < -0.4 is 79.8 Å². The number of hydrogen-bond donors (Lipinski definition) is 23. The van der Waals surface area contributed by atoms with Crippen LogP contribution in [0.15, 0.2) is 133 Å². The van der Waals surface area contributed by atoms with E-state index in [1.54, 1.807) is 84.9 Å². The van der Waals surface area contributed by atoms with E-state index < -0.39 is 242 Å². The molecule has 0 spiro atoms. The van der Waals surface area contributed by atoms with Crippen molar-refractivity contribution in [2.75, 3.05) is 30.9 Å². The highest BCUT2D eigenvalue weighted by Crippen LogP contribution is 2.45. The molecule has 774 valence electrons. The Morgan fingerprint density at radius 1 is 0.559 bits per heavy atom. The van der Waals surface area contributed by atoms with Gasteiger partial charge in [-0.15, -0.1) is 11.8 Å². The highest BCUT2D eigenvalue weighted by Gasteiger charge is 2.45. The van der Waals surface area contributed by atoms with Gasteiger partial charge in [-0.3, -0.25) is 76.7 Å². The van der Waals surface area contributed by atoms with Gasteiger partial charge in [0, 0.05) is 72.3 Å². The van der Waals surface area contributed by atoms with Gasteiger partial charge in [-0.2, -0.15) is 11.8 Å². The molecule has 3 aliphatic heterocycles. The Kier molecular flexibility index (Phi) is 42.2. The summed E-state index contributed by atoms with van der Waals surface area (Å²) in [6.07, 6.45) is 6.71. The van der Waals surface area contributed by atoms with Crippen LogP contribution in [0.4, 0.5) is 4.79 Å². The average molecular weight is 2030 g/mol. The summed E-state index contributed by atoms with van der Waals surface area (Å²) in [6, 6.07) is -1.01. The maximum atomic E-state index is 14.7. The number of phenolic OH excluding ortho intramolecular Hbond substituents is 1. The molecule has 2 fully saturated rings. The Balaban J connectivity index is 0.778. The van der Waals surface area contributed by atoms with E-state index in [0.717, 1.165) is 19.6 Å². The van der Waals surface area contributed by atoms with Crippen LogP contribution in [0, 0.1) is 23.7 Å². The van der Waals surface area contributed by atoms with Crippen LogP contribution in [0.1, 0.15) is 159 Å². The van der Waals surface area contributed by atoms with Crippen molar-refractivity contribution in [3.05, 3.63) is 155 Å². The number of amides is 15. The number of carboxylic acid groups (broad SMARTS) is 3. The second-order valence-corrected chi connectivity index (χ2v) is 38.2. The van der Waals surface area contributed by atoms with Gasteiger partial charge >= 0.3 is 29.9 Å². The molecule has 15 amide bonds. The largest absolute Gasteiger partial charge is 0.508 e. The SMILES string of the molecule is CC[C@H](NC(=O)[C@H](C)NC(=O)[C@@H](NC(=O)[C@@H](NC(=O)[C@H](CC(=O)O)NC(=O)[C@H](CCC(=O)O)NC(=O)CCCCC1CSC2NC(=O)NC12)C(C)C)C(C)C)C(=O)O[C@@H](C)C(=O)N[C@@H](CCSC)C(=O)N[C@@H](CO)C(=O)N[C@@H](Cc1ccc(O)cc1)C(=O)N[C@H](C(=O)N[C@@H](Cc1c[nH]c2ccccc12)C(=O)N[C@@H](CCCCNC(=O)c1ccccc1C1=C2C=C(O)C=CC2OC2=CC(=O)C=CC21)C(=O)O)[C@@H](C)O. The number of benzene rings is 3. The summed E-state index contributed by atoms with van der Waals surface area (Å²) in [4.78, 5) is 262. The number of urea groups is 1. The monoisotopic (exact) mass is 2030 g/mol. The van der Waals surface area contributed by atoms with Crippen molar-refractivity contribution in [2.24, 2.45) is 23.7 Å². The van der Waals surface area contributed by atoms with Crippen LogP contribution >= 0.6 is 23.5 Å². The van der Waals surface area contributed by atoms with E-state index in [1.807, 2.05) is 0 Å². The third-order valence-corrected chi connectivity index (χ3v) is 26.5. The Labute approximate surface area is 831 Å². The lowest BCUT2D eigenvalue weighted by Crippen LogP contribution is -2.62. The summed E-state index contributed by atoms with van der Waals surface area (Å²) in [5.74, 6) is -19.6. The number of carbonyl (C=O) groups excluding carboxylic acids is 16. The maximum absolute atomic E-state index is 14.7. The minimum atomic E-state index is -1.95. The van der Waals surface area contributed by atoms with Crippen LogP contribution in [-0.4, -0.2) is 286 Å². The number of hydrogen-bond acceptors (Lipinski definition) is 27. The molecule has 4 heterocycles. The molecule has 4 aromatic rings. The predicted molar refractivity (Wildman–Crippen MR) is 520 cm³/mol. The van der Waals surface area contributed by atoms with Crippen molar-refractivity contribution in [3.8, 4) is 5.75 Å². The number of H-pyrrole nitrogens is 1. The molecule has 1 aromatic heterocycles. The minimum Gasteiger partial charge on any atom is -0.508 e. The van der Waals surface area contributed by atoms with Gasteiger partial charge in [0.1, 0.15) is 95.9 Å². The number of aromatic nitrogens is 1. The molecule has 3 aromatic carbocycles. The first-order valence-electron chi connectivity index (χ1n) is 47.1. The molecule has 2 saturated heterocycles. The number of carbonyl (C=O) groups is 19. The fourth-order valence-corrected chi connectivity index (χ4v) is 18.5. The van der Waals surface area contributed by atoms with Gasteiger partial charge in [0.05, 0.1) is 36.5 Å². The average Bonchev–Trinajstić information content (AvgIpc) is 0.981. The zero-order valence-electron chi connectivity index (χ0n) is 80.3. The third-order valence-electron chi connectivity index (χ3n) is 24.5. The maximum Gasteiger partial charge on any atom is 0.329 e. The normalized spacial score (nSPS) is 19.0. The second-order valence-electron chi connectivity index (χ2n) is 36.0. The van der Waals surface area contributed by atoms with E-state index in [2.05, 4.69) is 84.7 Å². The van der Waals surface area contributed by atoms with Gasteiger partial charge < -0.3 is 130 Å². The third kappa shape index (κ3) is 32.4. The molecule has 0 radical (unpaired) electrons. The number of para-hydroxylation sites is 1. The van der Waals surface area contributed by atoms with E-state index in [0.29, 0.717) is 58.2 Å². The summed E-state index contributed by atoms with van der Waals surface area (Å²) in [5, 5.41) is 111. The lowest BCUT2D eigenvalue weighted by molar-refractivity contribution is -0.158. The van der Waals surface area contributed by atoms with Gasteiger partial charge in [-0.25, -0.2) is 14.4 Å². The number of ketones is 1. The summed E-state index contributed by atoms with van der Waals surface area (Å²) in [6.45, 7) is 9.94. The quantitative estimate of drug-likeness (QED) is 0.0217. The zero-order valence-corrected chi connectivity index (χ0v) is 82.0. The van der Waals surface area contributed by atoms with E-state index in [9.17, 15) is 127 Å². The number of ether oxygens (including phenoxy) is 2. The molecular formula is C97H126N16O28S2. The zero-order chi connectivity index (χ0) is 105. The van der Waals surface area contributed by atoms with Crippen molar-refractivity contribution < 1.29 is 136 Å². The Morgan fingerprint density at radius 3 is 1.81 bits per heavy atom. The number of aliphatic carboxylic acids is 3. The number of allylic oxidation sites excluding steroid dienone is 4. The Morgan fingerprint density at radius 2 is 1.15 bits per heavy atom. The number of rotatable bonds is 55. The molecule has 0 bridgehead atoms. The lowest BCUT2D eigenvalue weighted by atomic mass is 9.78. The number of aromatic hydroxyl groups is 1. The molecule has 5 unspecified atom stereocenters. The molecule has 2 aliphatic carbocycles. The molecule has 143 heavy (non-hydrogen) atoms. The summed E-state index contributed by atoms with van der Waals surface area (Å²) in [5.41, 5.74) is 3.36. The number of aliphatic hydroxyl groups excluding tert-OH is 3. The summed E-state index contributed by atoms with van der Waals surface area (Å²) >= 11 is 2.84.